The maximum absolute atomic E-state index is 11.5. The van der Waals surface area contributed by atoms with Gasteiger partial charge in [-0.05, 0) is 0 Å². The molecule has 92 valence electrons. The zero-order valence-electron chi connectivity index (χ0n) is 9.71. The quantitative estimate of drug-likeness (QED) is 0.516. The molecular weight excluding hydrogens is 208 g/mol. The van der Waals surface area contributed by atoms with Crippen molar-refractivity contribution in [2.24, 2.45) is 0 Å². The van der Waals surface area contributed by atoms with E-state index in [4.69, 9.17) is 0 Å². The van der Waals surface area contributed by atoms with Gasteiger partial charge in [0.25, 0.3) is 0 Å². The normalized spacial score (nSPS) is 16.8. The lowest BCUT2D eigenvalue weighted by atomic mass is 10.3. The molecule has 3 N–H and O–H groups in total. The minimum absolute atomic E-state index is 0.00852. The van der Waals surface area contributed by atoms with Crippen molar-refractivity contribution in [1.29, 1.82) is 0 Å². The molecule has 1 saturated heterocycles. The molecule has 1 aliphatic heterocycles. The molecule has 0 radical (unpaired) electrons. The van der Waals surface area contributed by atoms with Gasteiger partial charge in [0.05, 0.1) is 6.54 Å². The molecule has 0 aromatic heterocycles. The first-order valence-electron chi connectivity index (χ1n) is 5.62. The van der Waals surface area contributed by atoms with Crippen LogP contribution in [0.2, 0.25) is 0 Å². The van der Waals surface area contributed by atoms with Gasteiger partial charge in [0.1, 0.15) is 0 Å². The number of nitrogens with zero attached hydrogens (tertiary/aromatic N) is 1. The molecule has 0 bridgehead atoms. The number of amides is 2. The second-order valence-corrected chi connectivity index (χ2v) is 3.80. The largest absolute Gasteiger partial charge is 0.359 e. The van der Waals surface area contributed by atoms with Crippen molar-refractivity contribution in [3.05, 3.63) is 0 Å². The van der Waals surface area contributed by atoms with Crippen LogP contribution in [0.25, 0.3) is 0 Å². The zero-order valence-corrected chi connectivity index (χ0v) is 9.71. The fraction of sp³-hybridized carbons (Fsp3) is 0.800. The van der Waals surface area contributed by atoms with Crippen molar-refractivity contribution in [3.8, 4) is 0 Å². The summed E-state index contributed by atoms with van der Waals surface area (Å²) in [6.07, 6.45) is 0.337. The number of hydrogen-bond acceptors (Lipinski definition) is 4. The molecule has 0 aromatic carbocycles. The van der Waals surface area contributed by atoms with Crippen molar-refractivity contribution in [2.75, 3.05) is 46.3 Å². The molecule has 6 heteroatoms. The van der Waals surface area contributed by atoms with Gasteiger partial charge in [0.15, 0.2) is 0 Å². The highest BCUT2D eigenvalue weighted by molar-refractivity contribution is 5.79. The Morgan fingerprint density at radius 1 is 1.25 bits per heavy atom. The molecule has 6 nitrogen and oxygen atoms in total. The lowest BCUT2D eigenvalue weighted by Gasteiger charge is -2.26. The first-order valence-corrected chi connectivity index (χ1v) is 5.62. The van der Waals surface area contributed by atoms with Gasteiger partial charge in [0, 0.05) is 46.2 Å². The summed E-state index contributed by atoms with van der Waals surface area (Å²) in [4.78, 5) is 24.5. The molecule has 2 amide bonds. The van der Waals surface area contributed by atoms with Crippen molar-refractivity contribution in [2.45, 2.75) is 6.42 Å². The third-order valence-electron chi connectivity index (χ3n) is 2.53. The number of carbonyl (C=O) groups excluding carboxylic acids is 2. The molecule has 16 heavy (non-hydrogen) atoms. The lowest BCUT2D eigenvalue weighted by molar-refractivity contribution is -0.123. The fourth-order valence-electron chi connectivity index (χ4n) is 1.57. The minimum Gasteiger partial charge on any atom is -0.359 e. The third-order valence-corrected chi connectivity index (χ3v) is 2.53. The van der Waals surface area contributed by atoms with E-state index in [1.165, 1.54) is 0 Å². The van der Waals surface area contributed by atoms with Crippen LogP contribution in [0, 0.1) is 0 Å². The minimum atomic E-state index is -0.0533. The van der Waals surface area contributed by atoms with Gasteiger partial charge >= 0.3 is 0 Å². The van der Waals surface area contributed by atoms with E-state index in [1.54, 1.807) is 7.05 Å². The zero-order chi connectivity index (χ0) is 11.8. The number of hydrogen-bond donors (Lipinski definition) is 3. The van der Waals surface area contributed by atoms with Gasteiger partial charge in [-0.1, -0.05) is 0 Å². The molecule has 1 rings (SSSR count). The number of carbonyl (C=O) groups is 2. The van der Waals surface area contributed by atoms with Gasteiger partial charge in [-0.25, -0.2) is 0 Å². The summed E-state index contributed by atoms with van der Waals surface area (Å²) in [5.74, 6) is -0.0618. The highest BCUT2D eigenvalue weighted by Crippen LogP contribution is 1.90. The van der Waals surface area contributed by atoms with Crippen LogP contribution in [0.5, 0.6) is 0 Å². The summed E-state index contributed by atoms with van der Waals surface area (Å²) in [7, 11) is 1.59. The Labute approximate surface area is 95.8 Å². The van der Waals surface area contributed by atoms with Crippen LogP contribution in [-0.4, -0.2) is 63.0 Å². The Morgan fingerprint density at radius 3 is 2.56 bits per heavy atom. The predicted octanol–water partition coefficient (Wildman–Crippen LogP) is -1.86. The predicted molar refractivity (Wildman–Crippen MR) is 61.0 cm³/mol. The van der Waals surface area contributed by atoms with Crippen LogP contribution in [0.3, 0.4) is 0 Å². The average molecular weight is 228 g/mol. The highest BCUT2D eigenvalue weighted by Gasteiger charge is 2.12. The Bertz CT molecular complexity index is 239. The highest BCUT2D eigenvalue weighted by atomic mass is 16.2. The van der Waals surface area contributed by atoms with Crippen LogP contribution < -0.4 is 16.0 Å². The van der Waals surface area contributed by atoms with E-state index in [2.05, 4.69) is 20.9 Å². The lowest BCUT2D eigenvalue weighted by Crippen LogP contribution is -2.47. The number of nitrogens with one attached hydrogen (secondary N) is 3. The van der Waals surface area contributed by atoms with Crippen LogP contribution in [0.15, 0.2) is 0 Å². The SMILES string of the molecule is CNC(=O)CCNC(=O)CN1CCNCC1. The van der Waals surface area contributed by atoms with Crippen LogP contribution in [-0.2, 0) is 9.59 Å². The maximum Gasteiger partial charge on any atom is 0.234 e. The number of rotatable bonds is 5. The van der Waals surface area contributed by atoms with Crippen molar-refractivity contribution >= 4 is 11.8 Å². The summed E-state index contributed by atoms with van der Waals surface area (Å²) in [6.45, 7) is 4.52. The molecule has 0 aromatic rings. The summed E-state index contributed by atoms with van der Waals surface area (Å²) in [5, 5.41) is 8.47. The summed E-state index contributed by atoms with van der Waals surface area (Å²) in [6, 6.07) is 0. The Morgan fingerprint density at radius 2 is 1.94 bits per heavy atom. The van der Waals surface area contributed by atoms with Crippen molar-refractivity contribution in [1.82, 2.24) is 20.9 Å². The molecule has 0 aliphatic carbocycles. The Balaban J connectivity index is 2.08. The molecular formula is C10H20N4O2. The average Bonchev–Trinajstić information content (AvgIpc) is 2.30. The second kappa shape index (κ2) is 7.19. The van der Waals surface area contributed by atoms with Crippen molar-refractivity contribution in [3.63, 3.8) is 0 Å². The first-order chi connectivity index (χ1) is 7.72. The number of piperazine rings is 1. The second-order valence-electron chi connectivity index (χ2n) is 3.80. The van der Waals surface area contributed by atoms with Gasteiger partial charge in [-0.2, -0.15) is 0 Å². The summed E-state index contributed by atoms with van der Waals surface area (Å²) < 4.78 is 0. The van der Waals surface area contributed by atoms with Crippen LogP contribution >= 0.6 is 0 Å². The van der Waals surface area contributed by atoms with Gasteiger partial charge in [-0.3, -0.25) is 14.5 Å². The summed E-state index contributed by atoms with van der Waals surface area (Å²) >= 11 is 0. The van der Waals surface area contributed by atoms with E-state index in [0.717, 1.165) is 26.2 Å². The van der Waals surface area contributed by atoms with E-state index >= 15 is 0 Å². The Kier molecular flexibility index (Phi) is 5.81. The topological polar surface area (TPSA) is 73.5 Å². The standard InChI is InChI=1S/C10H20N4O2/c1-11-9(15)2-3-13-10(16)8-14-6-4-12-5-7-14/h12H,2-8H2,1H3,(H,11,15)(H,13,16). The van der Waals surface area contributed by atoms with Gasteiger partial charge in [0.2, 0.25) is 11.8 Å². The molecule has 1 fully saturated rings. The first kappa shape index (κ1) is 12.9. The van der Waals surface area contributed by atoms with Gasteiger partial charge in [-0.15, -0.1) is 0 Å². The van der Waals surface area contributed by atoms with Crippen LogP contribution in [0.4, 0.5) is 0 Å². The van der Waals surface area contributed by atoms with Gasteiger partial charge < -0.3 is 16.0 Å². The molecule has 1 aliphatic rings. The van der Waals surface area contributed by atoms with Crippen molar-refractivity contribution < 1.29 is 9.59 Å². The molecule has 0 atom stereocenters. The molecule has 1 heterocycles. The smallest absolute Gasteiger partial charge is 0.234 e. The monoisotopic (exact) mass is 228 g/mol. The summed E-state index contributed by atoms with van der Waals surface area (Å²) in [5.41, 5.74) is 0. The molecule has 0 spiro atoms. The molecule has 0 saturated carbocycles. The van der Waals surface area contributed by atoms with E-state index in [1.807, 2.05) is 0 Å². The third kappa shape index (κ3) is 5.09. The van der Waals surface area contributed by atoms with E-state index in [-0.39, 0.29) is 11.8 Å². The van der Waals surface area contributed by atoms with E-state index in [0.29, 0.717) is 19.5 Å². The Hall–Kier alpha value is -1.14. The fourth-order valence-corrected chi connectivity index (χ4v) is 1.57. The van der Waals surface area contributed by atoms with E-state index < -0.39 is 0 Å². The van der Waals surface area contributed by atoms with Crippen LogP contribution in [0.1, 0.15) is 6.42 Å². The maximum atomic E-state index is 11.5. The van der Waals surface area contributed by atoms with E-state index in [9.17, 15) is 9.59 Å². The molecule has 0 unspecified atom stereocenters.